The lowest BCUT2D eigenvalue weighted by Crippen LogP contribution is -2.14. The van der Waals surface area contributed by atoms with Crippen molar-refractivity contribution >= 4 is 34.7 Å². The minimum absolute atomic E-state index is 0.0619. The Morgan fingerprint density at radius 2 is 2.19 bits per heavy atom. The average molecular weight is 386 g/mol. The minimum atomic E-state index is -0.0619. The molecule has 0 saturated heterocycles. The predicted octanol–water partition coefficient (Wildman–Crippen LogP) is 3.70. The van der Waals surface area contributed by atoms with Crippen LogP contribution in [-0.2, 0) is 23.5 Å². The van der Waals surface area contributed by atoms with Crippen LogP contribution in [0.5, 0.6) is 0 Å². The number of carbonyl (C=O) groups is 1. The van der Waals surface area contributed by atoms with Crippen LogP contribution >= 0.6 is 23.1 Å². The number of carbonyl (C=O) groups excluding carboxylic acids is 1. The van der Waals surface area contributed by atoms with E-state index in [0.29, 0.717) is 12.3 Å². The van der Waals surface area contributed by atoms with Crippen LogP contribution in [0, 0.1) is 6.92 Å². The molecule has 1 amide bonds. The van der Waals surface area contributed by atoms with Crippen molar-refractivity contribution in [3.8, 4) is 0 Å². The Morgan fingerprint density at radius 3 is 2.96 bits per heavy atom. The first-order chi connectivity index (χ1) is 12.6. The van der Waals surface area contributed by atoms with Crippen LogP contribution in [0.15, 0.2) is 53.8 Å². The van der Waals surface area contributed by atoms with Crippen LogP contribution in [-0.4, -0.2) is 25.7 Å². The fourth-order valence-corrected chi connectivity index (χ4v) is 3.95. The van der Waals surface area contributed by atoms with E-state index in [1.54, 1.807) is 24.2 Å². The number of nitrogens with one attached hydrogen (secondary N) is 1. The third-order valence-electron chi connectivity index (χ3n) is 3.50. The van der Waals surface area contributed by atoms with Gasteiger partial charge in [0.2, 0.25) is 5.91 Å². The van der Waals surface area contributed by atoms with Gasteiger partial charge in [-0.1, -0.05) is 35.5 Å². The Bertz CT molecular complexity index is 885. The molecule has 8 heteroatoms. The molecule has 3 rings (SSSR count). The van der Waals surface area contributed by atoms with E-state index in [2.05, 4.69) is 27.1 Å². The highest BCUT2D eigenvalue weighted by Gasteiger charge is 2.10. The second kappa shape index (κ2) is 8.77. The first kappa shape index (κ1) is 18.3. The standard InChI is InChI=1S/C18H19N5OS2/c1-3-8-23-12-19-22-18(23)26-11-15-10-25-17(21-15)9-16(24)20-14-6-4-13(2)5-7-14/h3-7,10,12H,1,8-9,11H2,2H3,(H,20,24). The van der Waals surface area contributed by atoms with Gasteiger partial charge in [-0.2, -0.15) is 0 Å². The van der Waals surface area contributed by atoms with Gasteiger partial charge >= 0.3 is 0 Å². The molecule has 0 radical (unpaired) electrons. The van der Waals surface area contributed by atoms with Gasteiger partial charge in [-0.15, -0.1) is 28.1 Å². The van der Waals surface area contributed by atoms with Crippen LogP contribution in [0.1, 0.15) is 16.3 Å². The molecule has 1 aromatic carbocycles. The highest BCUT2D eigenvalue weighted by Crippen LogP contribution is 2.22. The molecule has 26 heavy (non-hydrogen) atoms. The van der Waals surface area contributed by atoms with Crippen molar-refractivity contribution in [2.45, 2.75) is 30.8 Å². The summed E-state index contributed by atoms with van der Waals surface area (Å²) in [4.78, 5) is 16.7. The number of anilines is 1. The number of benzene rings is 1. The zero-order valence-corrected chi connectivity index (χ0v) is 16.0. The van der Waals surface area contributed by atoms with E-state index in [4.69, 9.17) is 0 Å². The van der Waals surface area contributed by atoms with Crippen molar-refractivity contribution in [2.75, 3.05) is 5.32 Å². The number of allylic oxidation sites excluding steroid dienone is 1. The maximum Gasteiger partial charge on any atom is 0.231 e. The molecule has 1 N–H and O–H groups in total. The highest BCUT2D eigenvalue weighted by molar-refractivity contribution is 7.98. The zero-order chi connectivity index (χ0) is 18.4. The third-order valence-corrected chi connectivity index (χ3v) is 5.41. The Kier molecular flexibility index (Phi) is 6.19. The minimum Gasteiger partial charge on any atom is -0.326 e. The van der Waals surface area contributed by atoms with Gasteiger partial charge in [-0.3, -0.25) is 4.79 Å². The van der Waals surface area contributed by atoms with Gasteiger partial charge in [0.05, 0.1) is 12.1 Å². The van der Waals surface area contributed by atoms with Gasteiger partial charge < -0.3 is 9.88 Å². The molecule has 0 unspecified atom stereocenters. The molecule has 0 spiro atoms. The Balaban J connectivity index is 1.52. The lowest BCUT2D eigenvalue weighted by Gasteiger charge is -2.04. The highest BCUT2D eigenvalue weighted by atomic mass is 32.2. The SMILES string of the molecule is C=CCn1cnnc1SCc1csc(CC(=O)Nc2ccc(C)cc2)n1. The molecule has 0 aliphatic carbocycles. The number of aromatic nitrogens is 4. The maximum absolute atomic E-state index is 12.2. The van der Waals surface area contributed by atoms with Crippen molar-refractivity contribution in [1.82, 2.24) is 19.7 Å². The van der Waals surface area contributed by atoms with E-state index in [9.17, 15) is 4.79 Å². The Hall–Kier alpha value is -2.45. The predicted molar refractivity (Wildman–Crippen MR) is 105 cm³/mol. The number of aryl methyl sites for hydroxylation is 1. The van der Waals surface area contributed by atoms with E-state index in [-0.39, 0.29) is 12.3 Å². The third kappa shape index (κ3) is 5.03. The number of thiazole rings is 1. The molecule has 2 aromatic heterocycles. The summed E-state index contributed by atoms with van der Waals surface area (Å²) in [6, 6.07) is 7.74. The molecule has 134 valence electrons. The van der Waals surface area contributed by atoms with Gasteiger partial charge in [-0.25, -0.2) is 4.98 Å². The van der Waals surface area contributed by atoms with E-state index in [1.165, 1.54) is 11.3 Å². The maximum atomic E-state index is 12.2. The summed E-state index contributed by atoms with van der Waals surface area (Å²) >= 11 is 3.07. The fourth-order valence-electron chi connectivity index (χ4n) is 2.23. The fraction of sp³-hybridized carbons (Fsp3) is 0.222. The first-order valence-electron chi connectivity index (χ1n) is 8.05. The average Bonchev–Trinajstić information content (AvgIpc) is 3.25. The van der Waals surface area contributed by atoms with Crippen LogP contribution in [0.2, 0.25) is 0 Å². The number of rotatable bonds is 8. The summed E-state index contributed by atoms with van der Waals surface area (Å²) in [6.07, 6.45) is 3.77. The summed E-state index contributed by atoms with van der Waals surface area (Å²) in [7, 11) is 0. The van der Waals surface area contributed by atoms with Crippen LogP contribution < -0.4 is 5.32 Å². The van der Waals surface area contributed by atoms with Gasteiger partial charge in [0.25, 0.3) is 0 Å². The van der Waals surface area contributed by atoms with E-state index >= 15 is 0 Å². The second-order valence-electron chi connectivity index (χ2n) is 5.67. The molecule has 0 atom stereocenters. The molecule has 3 aromatic rings. The summed E-state index contributed by atoms with van der Waals surface area (Å²) in [5.41, 5.74) is 2.90. The van der Waals surface area contributed by atoms with Crippen molar-refractivity contribution in [3.05, 3.63) is 64.9 Å². The van der Waals surface area contributed by atoms with Crippen LogP contribution in [0.4, 0.5) is 5.69 Å². The van der Waals surface area contributed by atoms with Gasteiger partial charge in [0.1, 0.15) is 11.3 Å². The molecule has 6 nitrogen and oxygen atoms in total. The van der Waals surface area contributed by atoms with Crippen LogP contribution in [0.3, 0.4) is 0 Å². The van der Waals surface area contributed by atoms with E-state index in [1.807, 2.05) is 41.1 Å². The van der Waals surface area contributed by atoms with E-state index < -0.39 is 0 Å². The summed E-state index contributed by atoms with van der Waals surface area (Å²) in [6.45, 7) is 6.42. The zero-order valence-electron chi connectivity index (χ0n) is 14.4. The smallest absolute Gasteiger partial charge is 0.231 e. The lowest BCUT2D eigenvalue weighted by molar-refractivity contribution is -0.115. The largest absolute Gasteiger partial charge is 0.326 e. The summed E-state index contributed by atoms with van der Waals surface area (Å²) in [5.74, 6) is 0.625. The molecule has 0 aliphatic heterocycles. The second-order valence-corrected chi connectivity index (χ2v) is 7.55. The Morgan fingerprint density at radius 1 is 1.38 bits per heavy atom. The van der Waals surface area contributed by atoms with Crippen LogP contribution in [0.25, 0.3) is 0 Å². The van der Waals surface area contributed by atoms with Gasteiger partial charge in [0, 0.05) is 23.4 Å². The number of nitrogens with zero attached hydrogens (tertiary/aromatic N) is 4. The number of amides is 1. The first-order valence-corrected chi connectivity index (χ1v) is 9.92. The Labute approximate surface area is 160 Å². The van der Waals surface area contributed by atoms with Crippen molar-refractivity contribution in [1.29, 1.82) is 0 Å². The molecule has 0 bridgehead atoms. The monoisotopic (exact) mass is 385 g/mol. The summed E-state index contributed by atoms with van der Waals surface area (Å²) in [5, 5.41) is 14.5. The lowest BCUT2D eigenvalue weighted by atomic mass is 10.2. The van der Waals surface area contributed by atoms with Gasteiger partial charge in [-0.05, 0) is 19.1 Å². The van der Waals surface area contributed by atoms with Crippen molar-refractivity contribution < 1.29 is 4.79 Å². The number of hydrogen-bond donors (Lipinski definition) is 1. The molecular weight excluding hydrogens is 366 g/mol. The topological polar surface area (TPSA) is 72.7 Å². The molecule has 0 saturated carbocycles. The van der Waals surface area contributed by atoms with Crippen molar-refractivity contribution in [2.24, 2.45) is 0 Å². The molecule has 0 aliphatic rings. The van der Waals surface area contributed by atoms with E-state index in [0.717, 1.165) is 27.1 Å². The summed E-state index contributed by atoms with van der Waals surface area (Å²) < 4.78 is 1.93. The number of thioether (sulfide) groups is 1. The quantitative estimate of drug-likeness (QED) is 0.473. The van der Waals surface area contributed by atoms with Gasteiger partial charge in [0.15, 0.2) is 5.16 Å². The molecule has 2 heterocycles. The number of hydrogen-bond acceptors (Lipinski definition) is 6. The van der Waals surface area contributed by atoms with Crippen molar-refractivity contribution in [3.63, 3.8) is 0 Å². The molecular formula is C18H19N5OS2. The normalized spacial score (nSPS) is 10.7. The molecule has 0 fully saturated rings.